The highest BCUT2D eigenvalue weighted by Gasteiger charge is 2.28. The maximum atomic E-state index is 10.6. The average Bonchev–Trinajstić information content (AvgIpc) is 2.75. The van der Waals surface area contributed by atoms with E-state index in [2.05, 4.69) is 6.92 Å². The van der Waals surface area contributed by atoms with Crippen LogP contribution in [0.3, 0.4) is 0 Å². The molecule has 0 amide bonds. The minimum Gasteiger partial charge on any atom is -0.450 e. The monoisotopic (exact) mass is 230 g/mol. The smallest absolute Gasteiger partial charge is 0.450 e. The van der Waals surface area contributed by atoms with Gasteiger partial charge in [-0.15, -0.1) is 0 Å². The summed E-state index contributed by atoms with van der Waals surface area (Å²) >= 11 is 0. The molecular formula is C12H22O4. The normalized spacial score (nSPS) is 21.9. The molecule has 2 atom stereocenters. The largest absolute Gasteiger partial charge is 0.506 e. The number of unbranched alkanes of at least 4 members (excludes halogenated alkanes) is 3. The first-order valence-electron chi connectivity index (χ1n) is 6.25. The first kappa shape index (κ1) is 13.3. The van der Waals surface area contributed by atoms with Crippen molar-refractivity contribution in [3.8, 4) is 0 Å². The third-order valence-electron chi connectivity index (χ3n) is 2.97. The molecule has 0 aromatic rings. The summed E-state index contributed by atoms with van der Waals surface area (Å²) < 4.78 is 10.4. The van der Waals surface area contributed by atoms with Crippen LogP contribution in [0.2, 0.25) is 0 Å². The topological polar surface area (TPSA) is 55.8 Å². The zero-order valence-corrected chi connectivity index (χ0v) is 9.98. The van der Waals surface area contributed by atoms with Crippen LogP contribution < -0.4 is 0 Å². The lowest BCUT2D eigenvalue weighted by atomic mass is 10.0. The molecule has 0 spiro atoms. The van der Waals surface area contributed by atoms with Gasteiger partial charge in [-0.1, -0.05) is 26.2 Å². The number of carbonyl (C=O) groups is 1. The Hall–Kier alpha value is -0.770. The molecule has 94 valence electrons. The molecule has 1 aliphatic heterocycles. The molecule has 4 nitrogen and oxygen atoms in total. The van der Waals surface area contributed by atoms with Crippen LogP contribution >= 0.6 is 0 Å². The molecule has 0 bridgehead atoms. The Morgan fingerprint density at radius 1 is 1.50 bits per heavy atom. The van der Waals surface area contributed by atoms with Crippen LogP contribution in [0, 0.1) is 0 Å². The van der Waals surface area contributed by atoms with E-state index in [1.165, 1.54) is 12.8 Å². The van der Waals surface area contributed by atoms with Gasteiger partial charge in [-0.2, -0.15) is 0 Å². The van der Waals surface area contributed by atoms with Gasteiger partial charge in [-0.3, -0.25) is 0 Å². The number of carboxylic acid groups (broad SMARTS) is 1. The second-order valence-corrected chi connectivity index (χ2v) is 4.32. The van der Waals surface area contributed by atoms with Crippen molar-refractivity contribution < 1.29 is 19.4 Å². The molecule has 1 aliphatic rings. The van der Waals surface area contributed by atoms with E-state index in [4.69, 9.17) is 14.6 Å². The van der Waals surface area contributed by atoms with Crippen molar-refractivity contribution in [3.63, 3.8) is 0 Å². The van der Waals surface area contributed by atoms with Gasteiger partial charge in [0.15, 0.2) is 0 Å². The predicted octanol–water partition coefficient (Wildman–Crippen LogP) is 3.20. The molecule has 0 aromatic carbocycles. The molecule has 1 N–H and O–H groups in total. The molecule has 1 saturated heterocycles. The van der Waals surface area contributed by atoms with Crippen LogP contribution in [0.4, 0.5) is 4.79 Å². The van der Waals surface area contributed by atoms with Crippen molar-refractivity contribution in [2.75, 3.05) is 6.61 Å². The van der Waals surface area contributed by atoms with Gasteiger partial charge >= 0.3 is 6.16 Å². The zero-order chi connectivity index (χ0) is 11.8. The van der Waals surface area contributed by atoms with E-state index in [9.17, 15) is 4.79 Å². The van der Waals surface area contributed by atoms with Crippen molar-refractivity contribution in [3.05, 3.63) is 0 Å². The molecule has 0 radical (unpaired) electrons. The van der Waals surface area contributed by atoms with Crippen LogP contribution in [0.1, 0.15) is 51.9 Å². The highest BCUT2D eigenvalue weighted by molar-refractivity contribution is 5.57. The molecule has 4 heteroatoms. The van der Waals surface area contributed by atoms with Gasteiger partial charge in [-0.05, 0) is 25.7 Å². The summed E-state index contributed by atoms with van der Waals surface area (Å²) in [6.07, 6.45) is 5.80. The van der Waals surface area contributed by atoms with E-state index in [-0.39, 0.29) is 12.2 Å². The van der Waals surface area contributed by atoms with E-state index >= 15 is 0 Å². The van der Waals surface area contributed by atoms with Crippen LogP contribution in [0.5, 0.6) is 0 Å². The Morgan fingerprint density at radius 2 is 2.31 bits per heavy atom. The maximum Gasteiger partial charge on any atom is 0.506 e. The first-order chi connectivity index (χ1) is 7.74. The summed E-state index contributed by atoms with van der Waals surface area (Å²) in [4.78, 5) is 10.6. The molecule has 1 fully saturated rings. The third kappa shape index (κ3) is 4.84. The number of ether oxygens (including phenoxy) is 2. The average molecular weight is 230 g/mol. The fraction of sp³-hybridized carbons (Fsp3) is 0.917. The summed E-state index contributed by atoms with van der Waals surface area (Å²) in [6.45, 7) is 2.89. The standard InChI is InChI=1S/C12H22O4/c1-2-3-4-5-7-11(16-12(13)14)10-8-6-9-15-10/h10-11H,2-9H2,1H3,(H,13,14). The summed E-state index contributed by atoms with van der Waals surface area (Å²) in [6, 6.07) is 0. The molecular weight excluding hydrogens is 208 g/mol. The number of hydrogen-bond donors (Lipinski definition) is 1. The molecule has 0 saturated carbocycles. The van der Waals surface area contributed by atoms with Gasteiger partial charge in [0.1, 0.15) is 6.10 Å². The molecule has 16 heavy (non-hydrogen) atoms. The van der Waals surface area contributed by atoms with E-state index in [1.807, 2.05) is 0 Å². The van der Waals surface area contributed by atoms with Crippen molar-refractivity contribution in [1.29, 1.82) is 0 Å². The molecule has 1 heterocycles. The number of hydrogen-bond acceptors (Lipinski definition) is 3. The van der Waals surface area contributed by atoms with Gasteiger partial charge < -0.3 is 14.6 Å². The highest BCUT2D eigenvalue weighted by Crippen LogP contribution is 2.22. The molecule has 2 unspecified atom stereocenters. The second kappa shape index (κ2) is 7.49. The minimum absolute atomic E-state index is 0.0160. The van der Waals surface area contributed by atoms with Crippen LogP contribution in [-0.2, 0) is 9.47 Å². The lowest BCUT2D eigenvalue weighted by Gasteiger charge is -2.21. The Bertz CT molecular complexity index is 199. The molecule has 0 aliphatic carbocycles. The summed E-state index contributed by atoms with van der Waals surface area (Å²) in [5.41, 5.74) is 0. The third-order valence-corrected chi connectivity index (χ3v) is 2.97. The van der Waals surface area contributed by atoms with Gasteiger partial charge in [-0.25, -0.2) is 4.79 Å². The van der Waals surface area contributed by atoms with Crippen molar-refractivity contribution in [2.24, 2.45) is 0 Å². The Labute approximate surface area is 96.9 Å². The molecule has 1 rings (SSSR count). The number of rotatable bonds is 7. The van der Waals surface area contributed by atoms with Crippen LogP contribution in [0.25, 0.3) is 0 Å². The van der Waals surface area contributed by atoms with Crippen molar-refractivity contribution in [2.45, 2.75) is 64.1 Å². The zero-order valence-electron chi connectivity index (χ0n) is 9.98. The first-order valence-corrected chi connectivity index (χ1v) is 6.25. The van der Waals surface area contributed by atoms with E-state index in [1.54, 1.807) is 0 Å². The lowest BCUT2D eigenvalue weighted by Crippen LogP contribution is -2.30. The minimum atomic E-state index is -1.18. The van der Waals surface area contributed by atoms with Gasteiger partial charge in [0.05, 0.1) is 6.10 Å². The van der Waals surface area contributed by atoms with Gasteiger partial charge in [0.25, 0.3) is 0 Å². The molecule has 0 aromatic heterocycles. The summed E-state index contributed by atoms with van der Waals surface area (Å²) in [7, 11) is 0. The fourth-order valence-corrected chi connectivity index (χ4v) is 2.12. The van der Waals surface area contributed by atoms with Crippen molar-refractivity contribution in [1.82, 2.24) is 0 Å². The fourth-order valence-electron chi connectivity index (χ4n) is 2.12. The second-order valence-electron chi connectivity index (χ2n) is 4.32. The summed E-state index contributed by atoms with van der Waals surface area (Å²) in [5, 5.41) is 8.67. The van der Waals surface area contributed by atoms with Crippen molar-refractivity contribution >= 4 is 6.16 Å². The Morgan fingerprint density at radius 3 is 2.88 bits per heavy atom. The van der Waals surface area contributed by atoms with Crippen LogP contribution in [0.15, 0.2) is 0 Å². The SMILES string of the molecule is CCCCCCC(OC(=O)O)C1CCCO1. The van der Waals surface area contributed by atoms with E-state index in [0.29, 0.717) is 0 Å². The van der Waals surface area contributed by atoms with E-state index < -0.39 is 6.16 Å². The van der Waals surface area contributed by atoms with Gasteiger partial charge in [0, 0.05) is 6.61 Å². The maximum absolute atomic E-state index is 10.6. The Kier molecular flexibility index (Phi) is 6.23. The quantitative estimate of drug-likeness (QED) is 0.539. The lowest BCUT2D eigenvalue weighted by molar-refractivity contribution is -0.0346. The highest BCUT2D eigenvalue weighted by atomic mass is 16.7. The van der Waals surface area contributed by atoms with Gasteiger partial charge in [0.2, 0.25) is 0 Å². The Balaban J connectivity index is 2.28. The van der Waals surface area contributed by atoms with E-state index in [0.717, 1.165) is 38.7 Å². The van der Waals surface area contributed by atoms with Crippen LogP contribution in [-0.4, -0.2) is 30.1 Å². The summed E-state index contributed by atoms with van der Waals surface area (Å²) in [5.74, 6) is 0. The predicted molar refractivity (Wildman–Crippen MR) is 60.6 cm³/mol.